The van der Waals surface area contributed by atoms with E-state index in [0.29, 0.717) is 24.5 Å². The summed E-state index contributed by atoms with van der Waals surface area (Å²) in [7, 11) is 0. The van der Waals surface area contributed by atoms with Crippen LogP contribution in [0.2, 0.25) is 0 Å². The molecule has 1 atom stereocenters. The van der Waals surface area contributed by atoms with Gasteiger partial charge in [-0.25, -0.2) is 4.99 Å². The van der Waals surface area contributed by atoms with Crippen molar-refractivity contribution in [2.75, 3.05) is 6.61 Å². The van der Waals surface area contributed by atoms with Crippen LogP contribution in [0, 0.1) is 0 Å². The average Bonchev–Trinajstić information content (AvgIpc) is 2.63. The second kappa shape index (κ2) is 4.39. The molecule has 0 radical (unpaired) electrons. The Morgan fingerprint density at radius 3 is 2.76 bits per heavy atom. The Kier molecular flexibility index (Phi) is 3.09. The molecular formula is C12H12F3NO. The van der Waals surface area contributed by atoms with Crippen molar-refractivity contribution in [2.24, 2.45) is 4.99 Å². The largest absolute Gasteiger partial charge is 0.478 e. The molecule has 5 heteroatoms. The van der Waals surface area contributed by atoms with Crippen LogP contribution in [-0.4, -0.2) is 18.5 Å². The Bertz CT molecular complexity index is 440. The van der Waals surface area contributed by atoms with E-state index in [2.05, 4.69) is 4.99 Å². The van der Waals surface area contributed by atoms with Crippen molar-refractivity contribution in [2.45, 2.75) is 25.6 Å². The van der Waals surface area contributed by atoms with Crippen LogP contribution in [0.1, 0.15) is 18.1 Å². The molecule has 2 rings (SSSR count). The Balaban J connectivity index is 2.15. The molecule has 1 aromatic carbocycles. The molecule has 0 fully saturated rings. The van der Waals surface area contributed by atoms with Gasteiger partial charge in [0.25, 0.3) is 0 Å². The minimum atomic E-state index is -4.30. The first-order valence-corrected chi connectivity index (χ1v) is 5.31. The van der Waals surface area contributed by atoms with E-state index in [4.69, 9.17) is 4.74 Å². The second-order valence-corrected chi connectivity index (χ2v) is 4.06. The van der Waals surface area contributed by atoms with Crippen LogP contribution < -0.4 is 0 Å². The van der Waals surface area contributed by atoms with Gasteiger partial charge in [-0.2, -0.15) is 13.2 Å². The van der Waals surface area contributed by atoms with Gasteiger partial charge < -0.3 is 4.74 Å². The number of benzene rings is 1. The number of ether oxygens (including phenoxy) is 1. The van der Waals surface area contributed by atoms with Gasteiger partial charge in [0.1, 0.15) is 6.61 Å². The summed E-state index contributed by atoms with van der Waals surface area (Å²) < 4.78 is 42.7. The minimum Gasteiger partial charge on any atom is -0.478 e. The maximum Gasteiger partial charge on any atom is 0.416 e. The highest BCUT2D eigenvalue weighted by molar-refractivity contribution is 5.80. The normalized spacial score (nSPS) is 20.0. The number of hydrogen-bond acceptors (Lipinski definition) is 2. The molecule has 0 saturated heterocycles. The van der Waals surface area contributed by atoms with Crippen LogP contribution in [-0.2, 0) is 17.3 Å². The Labute approximate surface area is 97.1 Å². The van der Waals surface area contributed by atoms with Gasteiger partial charge in [-0.05, 0) is 18.6 Å². The Morgan fingerprint density at radius 2 is 2.18 bits per heavy atom. The third-order valence-electron chi connectivity index (χ3n) is 2.47. The fourth-order valence-electron chi connectivity index (χ4n) is 1.67. The van der Waals surface area contributed by atoms with E-state index in [-0.39, 0.29) is 6.04 Å². The summed E-state index contributed by atoms with van der Waals surface area (Å²) in [6.07, 6.45) is -3.99. The van der Waals surface area contributed by atoms with E-state index < -0.39 is 11.7 Å². The first-order valence-electron chi connectivity index (χ1n) is 5.31. The SMILES string of the molecule is CC1COC(Cc2cccc(C(F)(F)F)c2)=N1. The number of rotatable bonds is 2. The first kappa shape index (κ1) is 12.0. The number of hydrogen-bond donors (Lipinski definition) is 0. The third-order valence-corrected chi connectivity index (χ3v) is 2.47. The lowest BCUT2D eigenvalue weighted by Gasteiger charge is -2.08. The summed E-state index contributed by atoms with van der Waals surface area (Å²) in [6.45, 7) is 2.41. The highest BCUT2D eigenvalue weighted by atomic mass is 19.4. The van der Waals surface area contributed by atoms with Gasteiger partial charge in [0.2, 0.25) is 0 Å². The molecule has 0 aliphatic carbocycles. The van der Waals surface area contributed by atoms with Crippen LogP contribution in [0.15, 0.2) is 29.3 Å². The van der Waals surface area contributed by atoms with Gasteiger partial charge in [-0.1, -0.05) is 18.2 Å². The van der Waals surface area contributed by atoms with Crippen LogP contribution in [0.4, 0.5) is 13.2 Å². The van der Waals surface area contributed by atoms with Crippen molar-refractivity contribution < 1.29 is 17.9 Å². The van der Waals surface area contributed by atoms with E-state index in [0.717, 1.165) is 12.1 Å². The second-order valence-electron chi connectivity index (χ2n) is 4.06. The van der Waals surface area contributed by atoms with E-state index >= 15 is 0 Å². The molecule has 1 aromatic rings. The quantitative estimate of drug-likeness (QED) is 0.782. The van der Waals surface area contributed by atoms with E-state index in [9.17, 15) is 13.2 Å². The molecule has 0 saturated carbocycles. The summed E-state index contributed by atoms with van der Waals surface area (Å²) in [5.74, 6) is 0.511. The van der Waals surface area contributed by atoms with E-state index in [1.54, 1.807) is 6.07 Å². The minimum absolute atomic E-state index is 0.0933. The fraction of sp³-hybridized carbons (Fsp3) is 0.417. The van der Waals surface area contributed by atoms with Gasteiger partial charge in [0.05, 0.1) is 11.6 Å². The number of aliphatic imine (C=N–C) groups is 1. The zero-order valence-electron chi connectivity index (χ0n) is 9.29. The molecular weight excluding hydrogens is 231 g/mol. The molecule has 2 nitrogen and oxygen atoms in total. The van der Waals surface area contributed by atoms with Crippen LogP contribution >= 0.6 is 0 Å². The molecule has 0 amide bonds. The molecule has 1 unspecified atom stereocenters. The van der Waals surface area contributed by atoms with E-state index in [1.807, 2.05) is 6.92 Å². The van der Waals surface area contributed by atoms with Crippen molar-refractivity contribution >= 4 is 5.90 Å². The molecule has 1 aliphatic rings. The maximum absolute atomic E-state index is 12.5. The number of halogens is 3. The van der Waals surface area contributed by atoms with Crippen molar-refractivity contribution in [3.8, 4) is 0 Å². The lowest BCUT2D eigenvalue weighted by molar-refractivity contribution is -0.137. The van der Waals surface area contributed by atoms with Crippen LogP contribution in [0.25, 0.3) is 0 Å². The summed E-state index contributed by atoms with van der Waals surface area (Å²) >= 11 is 0. The summed E-state index contributed by atoms with van der Waals surface area (Å²) in [4.78, 5) is 4.19. The summed E-state index contributed by atoms with van der Waals surface area (Å²) in [5, 5.41) is 0. The summed E-state index contributed by atoms with van der Waals surface area (Å²) in [5.41, 5.74) is -0.0747. The standard InChI is InChI=1S/C12H12F3NO/c1-8-7-17-11(16-8)6-9-3-2-4-10(5-9)12(13,14)15/h2-5,8H,6-7H2,1H3. The summed E-state index contributed by atoms with van der Waals surface area (Å²) in [6, 6.07) is 5.33. The smallest absolute Gasteiger partial charge is 0.416 e. The first-order chi connectivity index (χ1) is 7.95. The van der Waals surface area contributed by atoms with Crippen molar-refractivity contribution in [3.63, 3.8) is 0 Å². The molecule has 0 bridgehead atoms. The van der Waals surface area contributed by atoms with Gasteiger partial charge in [-0.3, -0.25) is 0 Å². The monoisotopic (exact) mass is 243 g/mol. The number of nitrogens with zero attached hydrogens (tertiary/aromatic N) is 1. The van der Waals surface area contributed by atoms with Gasteiger partial charge in [0, 0.05) is 6.42 Å². The third kappa shape index (κ3) is 2.99. The Morgan fingerprint density at radius 1 is 1.41 bits per heavy atom. The highest BCUT2D eigenvalue weighted by Gasteiger charge is 2.30. The molecule has 0 aromatic heterocycles. The highest BCUT2D eigenvalue weighted by Crippen LogP contribution is 2.29. The van der Waals surface area contributed by atoms with Gasteiger partial charge in [-0.15, -0.1) is 0 Å². The molecule has 17 heavy (non-hydrogen) atoms. The predicted octanol–water partition coefficient (Wildman–Crippen LogP) is 3.07. The van der Waals surface area contributed by atoms with Crippen molar-refractivity contribution in [1.82, 2.24) is 0 Å². The predicted molar refractivity (Wildman–Crippen MR) is 58.0 cm³/mol. The zero-order valence-corrected chi connectivity index (χ0v) is 9.29. The van der Waals surface area contributed by atoms with E-state index in [1.165, 1.54) is 6.07 Å². The lowest BCUT2D eigenvalue weighted by atomic mass is 10.1. The molecule has 92 valence electrons. The van der Waals surface area contributed by atoms with Gasteiger partial charge >= 0.3 is 6.18 Å². The molecule has 1 heterocycles. The topological polar surface area (TPSA) is 21.6 Å². The van der Waals surface area contributed by atoms with Gasteiger partial charge in [0.15, 0.2) is 5.90 Å². The molecule has 0 spiro atoms. The van der Waals surface area contributed by atoms with Crippen molar-refractivity contribution in [1.29, 1.82) is 0 Å². The maximum atomic E-state index is 12.5. The Hall–Kier alpha value is -1.52. The van der Waals surface area contributed by atoms with Crippen LogP contribution in [0.3, 0.4) is 0 Å². The fourth-order valence-corrected chi connectivity index (χ4v) is 1.67. The molecule has 0 N–H and O–H groups in total. The average molecular weight is 243 g/mol. The molecule has 1 aliphatic heterocycles. The van der Waals surface area contributed by atoms with Crippen LogP contribution in [0.5, 0.6) is 0 Å². The lowest BCUT2D eigenvalue weighted by Crippen LogP contribution is -2.08. The van der Waals surface area contributed by atoms with Crippen molar-refractivity contribution in [3.05, 3.63) is 35.4 Å². The zero-order chi connectivity index (χ0) is 12.5. The number of alkyl halides is 3.